The minimum absolute atomic E-state index is 0.120. The van der Waals surface area contributed by atoms with Crippen LogP contribution >= 0.6 is 11.8 Å². The lowest BCUT2D eigenvalue weighted by molar-refractivity contribution is -0.116. The van der Waals surface area contributed by atoms with Crippen LogP contribution in [0.2, 0.25) is 0 Å². The summed E-state index contributed by atoms with van der Waals surface area (Å²) in [6, 6.07) is 0. The average molecular weight is 157 g/mol. The number of nitrogens with zero attached hydrogens (tertiary/aromatic N) is 2. The summed E-state index contributed by atoms with van der Waals surface area (Å²) in [6.45, 7) is 0. The highest BCUT2D eigenvalue weighted by Crippen LogP contribution is 2.08. The number of nitrogens with one attached hydrogen (secondary N) is 2. The summed E-state index contributed by atoms with van der Waals surface area (Å²) in [4.78, 5) is 12.8. The molecule has 2 N–H and O–H groups in total. The van der Waals surface area contributed by atoms with E-state index in [9.17, 15) is 4.79 Å². The molecule has 0 spiro atoms. The van der Waals surface area contributed by atoms with Gasteiger partial charge in [-0.2, -0.15) is 0 Å². The maximum Gasteiger partial charge on any atom is 0.248 e. The third-order valence-electron chi connectivity index (χ3n) is 0.734. The van der Waals surface area contributed by atoms with Crippen LogP contribution in [-0.2, 0) is 4.79 Å². The molecule has 1 aromatic rings. The molecule has 1 aromatic heterocycles. The van der Waals surface area contributed by atoms with Gasteiger partial charge in [0, 0.05) is 0 Å². The van der Waals surface area contributed by atoms with Crippen LogP contribution in [0.15, 0.2) is 11.5 Å². The zero-order valence-corrected chi connectivity index (χ0v) is 5.81. The second-order valence-electron chi connectivity index (χ2n) is 1.51. The largest absolute Gasteiger partial charge is 0.323 e. The summed E-state index contributed by atoms with van der Waals surface area (Å²) >= 11 is 1.17. The summed E-state index contributed by atoms with van der Waals surface area (Å²) in [6.07, 6.45) is 1.43. The van der Waals surface area contributed by atoms with Gasteiger partial charge in [-0.1, -0.05) is 11.8 Å². The Kier molecular flexibility index (Phi) is 2.27. The number of rotatable bonds is 3. The fraction of sp³-hybridized carbons (Fsp3) is 0.250. The Hall–Kier alpha value is -1.04. The van der Waals surface area contributed by atoms with Gasteiger partial charge in [0.05, 0.1) is 5.75 Å². The van der Waals surface area contributed by atoms with Crippen LogP contribution in [0.25, 0.3) is 0 Å². The third kappa shape index (κ3) is 2.06. The number of H-pyrrole nitrogens is 1. The van der Waals surface area contributed by atoms with E-state index in [1.54, 1.807) is 0 Å². The Morgan fingerprint density at radius 1 is 1.90 bits per heavy atom. The zero-order valence-electron chi connectivity index (χ0n) is 5.00. The molecule has 1 radical (unpaired) electrons. The van der Waals surface area contributed by atoms with E-state index >= 15 is 0 Å². The Labute approximate surface area is 61.4 Å². The van der Waals surface area contributed by atoms with Crippen LogP contribution in [0.1, 0.15) is 0 Å². The molecule has 0 unspecified atom stereocenters. The molecule has 0 aromatic carbocycles. The van der Waals surface area contributed by atoms with Crippen molar-refractivity contribution in [3.63, 3.8) is 0 Å². The summed E-state index contributed by atoms with van der Waals surface area (Å²) < 4.78 is 0. The molecule has 0 saturated heterocycles. The lowest BCUT2D eigenvalue weighted by Gasteiger charge is -1.87. The monoisotopic (exact) mass is 157 g/mol. The van der Waals surface area contributed by atoms with E-state index in [4.69, 9.17) is 5.73 Å². The Morgan fingerprint density at radius 2 is 2.70 bits per heavy atom. The Morgan fingerprint density at radius 3 is 3.20 bits per heavy atom. The Balaban J connectivity index is 2.35. The highest BCUT2D eigenvalue weighted by atomic mass is 32.2. The van der Waals surface area contributed by atoms with Crippen molar-refractivity contribution in [1.82, 2.24) is 20.9 Å². The topological polar surface area (TPSA) is 82.4 Å². The smallest absolute Gasteiger partial charge is 0.248 e. The van der Waals surface area contributed by atoms with Crippen LogP contribution in [0, 0.1) is 0 Å². The predicted octanol–water partition coefficient (Wildman–Crippen LogP) is -0.294. The second kappa shape index (κ2) is 3.21. The van der Waals surface area contributed by atoms with E-state index in [-0.39, 0.29) is 5.75 Å². The standard InChI is InChI=1S/C4H5N4OS/c5-3(9)1-10-4-6-2-7-8-4/h2,5H,1H2,(H,6,7,8). The van der Waals surface area contributed by atoms with Gasteiger partial charge in [-0.15, -0.1) is 10.2 Å². The molecule has 1 amide bonds. The molecule has 10 heavy (non-hydrogen) atoms. The fourth-order valence-corrected chi connectivity index (χ4v) is 0.907. The highest BCUT2D eigenvalue weighted by molar-refractivity contribution is 7.99. The van der Waals surface area contributed by atoms with Gasteiger partial charge >= 0.3 is 0 Å². The number of aromatic nitrogens is 3. The Bertz CT molecular complexity index is 209. The number of carbonyl (C=O) groups is 1. The van der Waals surface area contributed by atoms with E-state index < -0.39 is 5.91 Å². The van der Waals surface area contributed by atoms with Gasteiger partial charge < -0.3 is 4.98 Å². The van der Waals surface area contributed by atoms with Gasteiger partial charge in [-0.25, -0.2) is 0 Å². The van der Waals surface area contributed by atoms with Crippen molar-refractivity contribution < 1.29 is 4.79 Å². The maximum atomic E-state index is 10.1. The van der Waals surface area contributed by atoms with E-state index in [1.165, 1.54) is 18.1 Å². The summed E-state index contributed by atoms with van der Waals surface area (Å²) in [7, 11) is 0. The van der Waals surface area contributed by atoms with Crippen molar-refractivity contribution in [3.05, 3.63) is 6.33 Å². The molecule has 0 bridgehead atoms. The number of thioether (sulfide) groups is 1. The summed E-state index contributed by atoms with van der Waals surface area (Å²) in [5, 5.41) is 7.68. The van der Waals surface area contributed by atoms with Gasteiger partial charge in [-0.3, -0.25) is 10.5 Å². The van der Waals surface area contributed by atoms with Crippen LogP contribution in [0.5, 0.6) is 0 Å². The van der Waals surface area contributed by atoms with Gasteiger partial charge in [0.1, 0.15) is 6.33 Å². The maximum absolute atomic E-state index is 10.1. The highest BCUT2D eigenvalue weighted by Gasteiger charge is 1.99. The molecule has 1 rings (SSSR count). The van der Waals surface area contributed by atoms with Crippen LogP contribution < -0.4 is 5.73 Å². The molecule has 0 aliphatic carbocycles. The molecule has 0 atom stereocenters. The molecule has 6 heteroatoms. The van der Waals surface area contributed by atoms with Crippen LogP contribution in [0.4, 0.5) is 0 Å². The number of hydrogen-bond donors (Lipinski definition) is 1. The van der Waals surface area contributed by atoms with E-state index in [2.05, 4.69) is 15.2 Å². The molecule has 0 saturated carbocycles. The molecule has 0 aliphatic heterocycles. The van der Waals surface area contributed by atoms with E-state index in [1.807, 2.05) is 0 Å². The quantitative estimate of drug-likeness (QED) is 0.611. The van der Waals surface area contributed by atoms with Gasteiger partial charge in [0.15, 0.2) is 5.16 Å². The first-order valence-corrected chi connectivity index (χ1v) is 3.51. The molecular formula is C4H5N4OS. The van der Waals surface area contributed by atoms with Gasteiger partial charge in [0.2, 0.25) is 5.91 Å². The second-order valence-corrected chi connectivity index (χ2v) is 2.47. The fourth-order valence-electron chi connectivity index (χ4n) is 0.399. The first-order chi connectivity index (χ1) is 4.79. The first kappa shape index (κ1) is 7.07. The van der Waals surface area contributed by atoms with E-state index in [0.717, 1.165) is 0 Å². The van der Waals surface area contributed by atoms with Crippen molar-refractivity contribution in [1.29, 1.82) is 0 Å². The SMILES string of the molecule is [NH]C(=O)CSc1nnc[nH]1. The van der Waals surface area contributed by atoms with E-state index in [0.29, 0.717) is 5.16 Å². The first-order valence-electron chi connectivity index (χ1n) is 2.52. The number of amides is 1. The number of hydrogen-bond acceptors (Lipinski definition) is 4. The van der Waals surface area contributed by atoms with Crippen LogP contribution in [0.3, 0.4) is 0 Å². The summed E-state index contributed by atoms with van der Waals surface area (Å²) in [5.74, 6) is -0.490. The summed E-state index contributed by atoms with van der Waals surface area (Å²) in [5.41, 5.74) is 6.56. The number of carbonyl (C=O) groups excluding carboxylic acids is 1. The van der Waals surface area contributed by atoms with Crippen molar-refractivity contribution in [2.75, 3.05) is 5.75 Å². The van der Waals surface area contributed by atoms with Crippen LogP contribution in [-0.4, -0.2) is 26.8 Å². The number of aromatic amines is 1. The van der Waals surface area contributed by atoms with Gasteiger partial charge in [0.25, 0.3) is 0 Å². The lowest BCUT2D eigenvalue weighted by Crippen LogP contribution is -2.00. The van der Waals surface area contributed by atoms with Crippen molar-refractivity contribution in [2.24, 2.45) is 0 Å². The van der Waals surface area contributed by atoms with Crippen molar-refractivity contribution >= 4 is 17.7 Å². The normalized spacial score (nSPS) is 9.60. The molecular weight excluding hydrogens is 152 g/mol. The molecule has 0 aliphatic rings. The zero-order chi connectivity index (χ0) is 7.40. The average Bonchev–Trinajstić information content (AvgIpc) is 2.34. The molecule has 1 heterocycles. The lowest BCUT2D eigenvalue weighted by atomic mass is 10.8. The molecule has 0 fully saturated rings. The van der Waals surface area contributed by atoms with Crippen molar-refractivity contribution in [3.8, 4) is 0 Å². The molecule has 53 valence electrons. The third-order valence-corrected chi connectivity index (χ3v) is 1.61. The predicted molar refractivity (Wildman–Crippen MR) is 35.2 cm³/mol. The van der Waals surface area contributed by atoms with Gasteiger partial charge in [-0.05, 0) is 0 Å². The minimum atomic E-state index is -0.610. The minimum Gasteiger partial charge on any atom is -0.323 e. The van der Waals surface area contributed by atoms with Crippen molar-refractivity contribution in [2.45, 2.75) is 5.16 Å². The molecule has 5 nitrogen and oxygen atoms in total.